The molecule has 0 bridgehead atoms. The van der Waals surface area contributed by atoms with Gasteiger partial charge in [0.2, 0.25) is 0 Å². The Kier molecular flexibility index (Phi) is 5.01. The van der Waals surface area contributed by atoms with Crippen molar-refractivity contribution in [1.29, 1.82) is 0 Å². The van der Waals surface area contributed by atoms with Crippen LogP contribution in [0.3, 0.4) is 0 Å². The maximum Gasteiger partial charge on any atom is 0.0673 e. The summed E-state index contributed by atoms with van der Waals surface area (Å²) in [7, 11) is 1.78. The van der Waals surface area contributed by atoms with E-state index in [4.69, 9.17) is 4.74 Å². The standard InChI is InChI=1S/C14H26N2O/c1-12-9-14(3-6-15-12)10-16-7-4-13(5-8-16)11-17-2/h4,12,14-15H,3,5-11H2,1-2H3. The first-order valence-corrected chi connectivity index (χ1v) is 6.90. The number of nitrogens with zero attached hydrogens (tertiary/aromatic N) is 1. The molecule has 2 atom stereocenters. The Bertz CT molecular complexity index is 265. The SMILES string of the molecule is COCC1=CCN(CC2CCNC(C)C2)CC1. The van der Waals surface area contributed by atoms with Gasteiger partial charge in [0.15, 0.2) is 0 Å². The fourth-order valence-electron chi connectivity index (χ4n) is 3.00. The molecule has 3 heteroatoms. The zero-order valence-electron chi connectivity index (χ0n) is 11.2. The van der Waals surface area contributed by atoms with E-state index in [1.54, 1.807) is 7.11 Å². The average Bonchev–Trinajstić information content (AvgIpc) is 2.32. The highest BCUT2D eigenvalue weighted by Gasteiger charge is 2.21. The number of hydrogen-bond acceptors (Lipinski definition) is 3. The third-order valence-electron chi connectivity index (χ3n) is 3.97. The van der Waals surface area contributed by atoms with Gasteiger partial charge in [0.25, 0.3) is 0 Å². The summed E-state index contributed by atoms with van der Waals surface area (Å²) in [6, 6.07) is 0.707. The van der Waals surface area contributed by atoms with E-state index in [1.807, 2.05) is 0 Å². The van der Waals surface area contributed by atoms with Gasteiger partial charge in [-0.3, -0.25) is 4.90 Å². The number of methoxy groups -OCH3 is 1. The Morgan fingerprint density at radius 2 is 2.41 bits per heavy atom. The summed E-state index contributed by atoms with van der Waals surface area (Å²) in [6.45, 7) is 7.94. The van der Waals surface area contributed by atoms with Gasteiger partial charge in [-0.2, -0.15) is 0 Å². The Hall–Kier alpha value is -0.380. The van der Waals surface area contributed by atoms with Crippen molar-refractivity contribution in [2.75, 3.05) is 39.9 Å². The summed E-state index contributed by atoms with van der Waals surface area (Å²) in [5.41, 5.74) is 1.47. The molecule has 0 amide bonds. The number of hydrogen-bond donors (Lipinski definition) is 1. The van der Waals surface area contributed by atoms with Crippen LogP contribution in [-0.2, 0) is 4.74 Å². The molecule has 0 aromatic rings. The van der Waals surface area contributed by atoms with Crippen molar-refractivity contribution in [3.63, 3.8) is 0 Å². The van der Waals surface area contributed by atoms with Crippen molar-refractivity contribution in [2.45, 2.75) is 32.2 Å². The molecule has 0 aliphatic carbocycles. The highest BCUT2D eigenvalue weighted by Crippen LogP contribution is 2.19. The molecule has 0 saturated carbocycles. The van der Waals surface area contributed by atoms with Crippen LogP contribution in [0.4, 0.5) is 0 Å². The Balaban J connectivity index is 1.74. The lowest BCUT2D eigenvalue weighted by atomic mass is 9.92. The van der Waals surface area contributed by atoms with E-state index in [2.05, 4.69) is 23.2 Å². The van der Waals surface area contributed by atoms with Gasteiger partial charge in [-0.15, -0.1) is 0 Å². The number of ether oxygens (including phenoxy) is 1. The van der Waals surface area contributed by atoms with Crippen molar-refractivity contribution >= 4 is 0 Å². The average molecular weight is 238 g/mol. The van der Waals surface area contributed by atoms with E-state index in [0.29, 0.717) is 6.04 Å². The van der Waals surface area contributed by atoms with Gasteiger partial charge in [-0.05, 0) is 44.2 Å². The molecule has 2 heterocycles. The van der Waals surface area contributed by atoms with Crippen molar-refractivity contribution in [3.05, 3.63) is 11.6 Å². The molecule has 0 aromatic carbocycles. The third-order valence-corrected chi connectivity index (χ3v) is 3.97. The van der Waals surface area contributed by atoms with Crippen molar-refractivity contribution in [1.82, 2.24) is 10.2 Å². The van der Waals surface area contributed by atoms with E-state index in [-0.39, 0.29) is 0 Å². The molecule has 2 aliphatic heterocycles. The first-order chi connectivity index (χ1) is 8.28. The van der Waals surface area contributed by atoms with Gasteiger partial charge in [0.05, 0.1) is 6.61 Å². The molecule has 2 aliphatic rings. The summed E-state index contributed by atoms with van der Waals surface area (Å²) in [5.74, 6) is 0.892. The fraction of sp³-hybridized carbons (Fsp3) is 0.857. The molecular formula is C14H26N2O. The molecule has 1 N–H and O–H groups in total. The summed E-state index contributed by atoms with van der Waals surface area (Å²) >= 11 is 0. The second-order valence-electron chi connectivity index (χ2n) is 5.55. The van der Waals surface area contributed by atoms with Crippen LogP contribution in [0.1, 0.15) is 26.2 Å². The molecule has 17 heavy (non-hydrogen) atoms. The van der Waals surface area contributed by atoms with Gasteiger partial charge >= 0.3 is 0 Å². The molecule has 1 fully saturated rings. The van der Waals surface area contributed by atoms with Crippen LogP contribution in [-0.4, -0.2) is 50.8 Å². The van der Waals surface area contributed by atoms with Crippen LogP contribution in [0.15, 0.2) is 11.6 Å². The largest absolute Gasteiger partial charge is 0.380 e. The van der Waals surface area contributed by atoms with Crippen molar-refractivity contribution < 1.29 is 4.74 Å². The van der Waals surface area contributed by atoms with E-state index < -0.39 is 0 Å². The lowest BCUT2D eigenvalue weighted by molar-refractivity contribution is 0.187. The second kappa shape index (κ2) is 6.53. The summed E-state index contributed by atoms with van der Waals surface area (Å²) in [6.07, 6.45) is 6.23. The zero-order valence-corrected chi connectivity index (χ0v) is 11.2. The maximum atomic E-state index is 5.19. The fourth-order valence-corrected chi connectivity index (χ4v) is 3.00. The first-order valence-electron chi connectivity index (χ1n) is 6.90. The highest BCUT2D eigenvalue weighted by molar-refractivity contribution is 5.07. The van der Waals surface area contributed by atoms with Gasteiger partial charge in [-0.25, -0.2) is 0 Å². The van der Waals surface area contributed by atoms with E-state index in [0.717, 1.165) is 19.1 Å². The molecule has 3 nitrogen and oxygen atoms in total. The minimum atomic E-state index is 0.707. The van der Waals surface area contributed by atoms with E-state index in [1.165, 1.54) is 44.5 Å². The Morgan fingerprint density at radius 1 is 1.53 bits per heavy atom. The number of nitrogens with one attached hydrogen (secondary N) is 1. The molecule has 2 rings (SSSR count). The Labute approximate surface area is 105 Å². The Morgan fingerprint density at radius 3 is 3.06 bits per heavy atom. The van der Waals surface area contributed by atoms with Gasteiger partial charge < -0.3 is 10.1 Å². The normalized spacial score (nSPS) is 31.3. The summed E-state index contributed by atoms with van der Waals surface area (Å²) in [4.78, 5) is 2.60. The van der Waals surface area contributed by atoms with Gasteiger partial charge in [-0.1, -0.05) is 6.08 Å². The predicted molar refractivity (Wildman–Crippen MR) is 71.2 cm³/mol. The topological polar surface area (TPSA) is 24.5 Å². The number of rotatable bonds is 4. The summed E-state index contributed by atoms with van der Waals surface area (Å²) in [5, 5.41) is 3.53. The molecular weight excluding hydrogens is 212 g/mol. The smallest absolute Gasteiger partial charge is 0.0673 e. The molecule has 0 aromatic heterocycles. The zero-order chi connectivity index (χ0) is 12.1. The minimum Gasteiger partial charge on any atom is -0.380 e. The number of piperidine rings is 1. The minimum absolute atomic E-state index is 0.707. The van der Waals surface area contributed by atoms with Gasteiger partial charge in [0.1, 0.15) is 0 Å². The lowest BCUT2D eigenvalue weighted by Gasteiger charge is -2.34. The van der Waals surface area contributed by atoms with Gasteiger partial charge in [0, 0.05) is 32.8 Å². The van der Waals surface area contributed by atoms with Crippen LogP contribution >= 0.6 is 0 Å². The quantitative estimate of drug-likeness (QED) is 0.754. The predicted octanol–water partition coefficient (Wildman–Crippen LogP) is 1.65. The maximum absolute atomic E-state index is 5.19. The van der Waals surface area contributed by atoms with Crippen LogP contribution in [0.2, 0.25) is 0 Å². The molecule has 0 radical (unpaired) electrons. The van der Waals surface area contributed by atoms with E-state index in [9.17, 15) is 0 Å². The van der Waals surface area contributed by atoms with E-state index >= 15 is 0 Å². The van der Waals surface area contributed by atoms with Crippen molar-refractivity contribution in [2.24, 2.45) is 5.92 Å². The van der Waals surface area contributed by atoms with Crippen LogP contribution in [0.25, 0.3) is 0 Å². The van der Waals surface area contributed by atoms with Crippen LogP contribution < -0.4 is 5.32 Å². The molecule has 2 unspecified atom stereocenters. The lowest BCUT2D eigenvalue weighted by Crippen LogP contribution is -2.41. The summed E-state index contributed by atoms with van der Waals surface area (Å²) < 4.78 is 5.19. The van der Waals surface area contributed by atoms with Crippen LogP contribution in [0.5, 0.6) is 0 Å². The molecule has 1 saturated heterocycles. The van der Waals surface area contributed by atoms with Crippen molar-refractivity contribution in [3.8, 4) is 0 Å². The first kappa shape index (κ1) is 13.1. The molecule has 98 valence electrons. The van der Waals surface area contributed by atoms with Crippen LogP contribution in [0, 0.1) is 5.92 Å². The molecule has 0 spiro atoms. The second-order valence-corrected chi connectivity index (χ2v) is 5.55. The monoisotopic (exact) mass is 238 g/mol. The third kappa shape index (κ3) is 4.09. The highest BCUT2D eigenvalue weighted by atomic mass is 16.5.